The first kappa shape index (κ1) is 18.8. The molecule has 1 saturated heterocycles. The zero-order valence-corrected chi connectivity index (χ0v) is 15.8. The van der Waals surface area contributed by atoms with Gasteiger partial charge in [0, 0.05) is 36.9 Å². The van der Waals surface area contributed by atoms with Crippen molar-refractivity contribution in [1.82, 2.24) is 14.9 Å². The van der Waals surface area contributed by atoms with E-state index in [2.05, 4.69) is 20.4 Å². The molecule has 2 aromatic rings. The SMILES string of the molecule is CC(C)(C)OC(=O)N1CCC[C@@H](Nc2c(/C(N)=N/O)cnc3[nH]ccc23)C1. The van der Waals surface area contributed by atoms with Gasteiger partial charge in [0.05, 0.1) is 11.3 Å². The van der Waals surface area contributed by atoms with E-state index in [1.165, 1.54) is 0 Å². The molecule has 9 nitrogen and oxygen atoms in total. The molecule has 27 heavy (non-hydrogen) atoms. The van der Waals surface area contributed by atoms with E-state index in [9.17, 15) is 4.79 Å². The minimum atomic E-state index is -0.529. The van der Waals surface area contributed by atoms with Gasteiger partial charge >= 0.3 is 6.09 Å². The van der Waals surface area contributed by atoms with Gasteiger partial charge in [-0.2, -0.15) is 0 Å². The van der Waals surface area contributed by atoms with Crippen molar-refractivity contribution in [3.63, 3.8) is 0 Å². The first-order valence-electron chi connectivity index (χ1n) is 8.97. The van der Waals surface area contributed by atoms with E-state index in [4.69, 9.17) is 15.7 Å². The lowest BCUT2D eigenvalue weighted by Gasteiger charge is -2.35. The molecule has 1 atom stereocenters. The molecule has 0 bridgehead atoms. The number of nitrogens with one attached hydrogen (secondary N) is 2. The second-order valence-electron chi connectivity index (χ2n) is 7.68. The van der Waals surface area contributed by atoms with Crippen molar-refractivity contribution in [2.45, 2.75) is 45.3 Å². The molecule has 0 unspecified atom stereocenters. The highest BCUT2D eigenvalue weighted by molar-refractivity contribution is 6.08. The van der Waals surface area contributed by atoms with Crippen LogP contribution in [-0.4, -0.2) is 56.7 Å². The van der Waals surface area contributed by atoms with E-state index in [0.29, 0.717) is 24.3 Å². The number of anilines is 1. The first-order chi connectivity index (χ1) is 12.8. The van der Waals surface area contributed by atoms with Crippen molar-refractivity contribution in [2.24, 2.45) is 10.9 Å². The Morgan fingerprint density at radius 3 is 3.00 bits per heavy atom. The normalized spacial score (nSPS) is 18.6. The Morgan fingerprint density at radius 2 is 2.30 bits per heavy atom. The third kappa shape index (κ3) is 4.24. The number of amides is 1. The van der Waals surface area contributed by atoms with Crippen LogP contribution in [-0.2, 0) is 4.74 Å². The van der Waals surface area contributed by atoms with Crippen LogP contribution >= 0.6 is 0 Å². The fourth-order valence-electron chi connectivity index (χ4n) is 3.20. The van der Waals surface area contributed by atoms with Crippen molar-refractivity contribution in [3.8, 4) is 0 Å². The van der Waals surface area contributed by atoms with Crippen molar-refractivity contribution in [1.29, 1.82) is 0 Å². The third-order valence-corrected chi connectivity index (χ3v) is 4.39. The largest absolute Gasteiger partial charge is 0.444 e. The van der Waals surface area contributed by atoms with E-state index >= 15 is 0 Å². The van der Waals surface area contributed by atoms with Crippen LogP contribution in [0.25, 0.3) is 11.0 Å². The summed E-state index contributed by atoms with van der Waals surface area (Å²) < 4.78 is 5.48. The van der Waals surface area contributed by atoms with Gasteiger partial charge in [0.15, 0.2) is 5.84 Å². The number of piperidine rings is 1. The zero-order valence-electron chi connectivity index (χ0n) is 15.8. The van der Waals surface area contributed by atoms with Crippen LogP contribution in [0.5, 0.6) is 0 Å². The minimum absolute atomic E-state index is 0.0111. The van der Waals surface area contributed by atoms with Gasteiger partial charge in [-0.15, -0.1) is 0 Å². The molecular formula is C18H26N6O3. The molecule has 3 rings (SSSR count). The number of pyridine rings is 1. The lowest BCUT2D eigenvalue weighted by Crippen LogP contribution is -2.47. The van der Waals surface area contributed by atoms with Gasteiger partial charge < -0.3 is 30.9 Å². The minimum Gasteiger partial charge on any atom is -0.444 e. The number of aromatic nitrogens is 2. The quantitative estimate of drug-likeness (QED) is 0.283. The van der Waals surface area contributed by atoms with Gasteiger partial charge in [-0.25, -0.2) is 9.78 Å². The van der Waals surface area contributed by atoms with Crippen LogP contribution in [0.4, 0.5) is 10.5 Å². The molecule has 1 aliphatic rings. The number of hydrogen-bond donors (Lipinski definition) is 4. The molecule has 0 spiro atoms. The maximum absolute atomic E-state index is 12.4. The molecule has 0 radical (unpaired) electrons. The number of hydrogen-bond acceptors (Lipinski definition) is 6. The summed E-state index contributed by atoms with van der Waals surface area (Å²) >= 11 is 0. The van der Waals surface area contributed by atoms with Gasteiger partial charge in [-0.05, 0) is 39.7 Å². The molecule has 1 aliphatic heterocycles. The highest BCUT2D eigenvalue weighted by Crippen LogP contribution is 2.28. The van der Waals surface area contributed by atoms with Crippen molar-refractivity contribution in [2.75, 3.05) is 18.4 Å². The van der Waals surface area contributed by atoms with E-state index in [-0.39, 0.29) is 18.0 Å². The Balaban J connectivity index is 1.82. The number of aromatic amines is 1. The lowest BCUT2D eigenvalue weighted by molar-refractivity contribution is 0.0206. The number of likely N-dealkylation sites (tertiary alicyclic amines) is 1. The number of nitrogens with zero attached hydrogens (tertiary/aromatic N) is 3. The molecule has 0 saturated carbocycles. The fraction of sp³-hybridized carbons (Fsp3) is 0.500. The summed E-state index contributed by atoms with van der Waals surface area (Å²) in [5.41, 5.74) is 7.24. The van der Waals surface area contributed by atoms with Crippen LogP contribution in [0, 0.1) is 0 Å². The lowest BCUT2D eigenvalue weighted by atomic mass is 10.0. The van der Waals surface area contributed by atoms with Crippen LogP contribution in [0.2, 0.25) is 0 Å². The molecule has 1 fully saturated rings. The number of oxime groups is 1. The predicted octanol–water partition coefficient (Wildman–Crippen LogP) is 2.47. The van der Waals surface area contributed by atoms with Crippen molar-refractivity contribution < 1.29 is 14.7 Å². The predicted molar refractivity (Wildman–Crippen MR) is 103 cm³/mol. The highest BCUT2D eigenvalue weighted by atomic mass is 16.6. The third-order valence-electron chi connectivity index (χ3n) is 4.39. The van der Waals surface area contributed by atoms with Crippen LogP contribution in [0.1, 0.15) is 39.2 Å². The van der Waals surface area contributed by atoms with E-state index in [1.807, 2.05) is 26.8 Å². The number of carbonyl (C=O) groups is 1. The summed E-state index contributed by atoms with van der Waals surface area (Å²) in [5.74, 6) is -0.0205. The van der Waals surface area contributed by atoms with Crippen molar-refractivity contribution >= 4 is 28.6 Å². The van der Waals surface area contributed by atoms with Gasteiger partial charge in [-0.3, -0.25) is 0 Å². The molecule has 0 aromatic carbocycles. The maximum Gasteiger partial charge on any atom is 0.410 e. The molecule has 5 N–H and O–H groups in total. The standard InChI is InChI=1S/C18H26N6O3/c1-18(2,3)27-17(25)24-8-4-5-11(10-24)22-14-12-6-7-20-16(12)21-9-13(14)15(19)23-26/h6-7,9,11,26H,4-5,8,10H2,1-3H3,(H2,19,23)(H2,20,21,22)/t11-/m1/s1. The van der Waals surface area contributed by atoms with Gasteiger partial charge in [0.1, 0.15) is 11.2 Å². The second kappa shape index (κ2) is 7.34. The number of fused-ring (bicyclic) bond motifs is 1. The van der Waals surface area contributed by atoms with E-state index < -0.39 is 5.60 Å². The van der Waals surface area contributed by atoms with E-state index in [1.54, 1.807) is 17.3 Å². The Kier molecular flexibility index (Phi) is 5.11. The molecule has 0 aliphatic carbocycles. The summed E-state index contributed by atoms with van der Waals surface area (Å²) in [4.78, 5) is 21.5. The summed E-state index contributed by atoms with van der Waals surface area (Å²) in [6, 6.07) is 1.89. The average Bonchev–Trinajstić information content (AvgIpc) is 3.09. The Morgan fingerprint density at radius 1 is 1.52 bits per heavy atom. The summed E-state index contributed by atoms with van der Waals surface area (Å²) in [6.07, 6.45) is 4.78. The fourth-order valence-corrected chi connectivity index (χ4v) is 3.20. The molecular weight excluding hydrogens is 348 g/mol. The van der Waals surface area contributed by atoms with Gasteiger partial charge in [-0.1, -0.05) is 5.16 Å². The van der Waals surface area contributed by atoms with Crippen LogP contribution in [0.3, 0.4) is 0 Å². The molecule has 3 heterocycles. The number of nitrogens with two attached hydrogens (primary N) is 1. The van der Waals surface area contributed by atoms with Crippen LogP contribution < -0.4 is 11.1 Å². The smallest absolute Gasteiger partial charge is 0.410 e. The van der Waals surface area contributed by atoms with Gasteiger partial charge in [0.25, 0.3) is 0 Å². The summed E-state index contributed by atoms with van der Waals surface area (Å²) in [6.45, 7) is 6.74. The summed E-state index contributed by atoms with van der Waals surface area (Å²) in [5, 5.41) is 16.5. The summed E-state index contributed by atoms with van der Waals surface area (Å²) in [7, 11) is 0. The molecule has 1 amide bonds. The topological polar surface area (TPSA) is 129 Å². The first-order valence-corrected chi connectivity index (χ1v) is 8.97. The average molecular weight is 374 g/mol. The molecule has 146 valence electrons. The monoisotopic (exact) mass is 374 g/mol. The molecule has 2 aromatic heterocycles. The zero-order chi connectivity index (χ0) is 19.6. The highest BCUT2D eigenvalue weighted by Gasteiger charge is 2.28. The Labute approximate surface area is 157 Å². The van der Waals surface area contributed by atoms with E-state index in [0.717, 1.165) is 23.9 Å². The van der Waals surface area contributed by atoms with Crippen molar-refractivity contribution in [3.05, 3.63) is 24.0 Å². The Bertz CT molecular complexity index is 854. The number of H-pyrrole nitrogens is 1. The number of ether oxygens (including phenoxy) is 1. The molecule has 9 heteroatoms. The Hall–Kier alpha value is -2.97. The van der Waals surface area contributed by atoms with Crippen LogP contribution in [0.15, 0.2) is 23.6 Å². The van der Waals surface area contributed by atoms with Gasteiger partial charge in [0.2, 0.25) is 0 Å². The number of amidine groups is 1. The maximum atomic E-state index is 12.4. The number of carbonyl (C=O) groups excluding carboxylic acids is 1. The number of rotatable bonds is 3. The second-order valence-corrected chi connectivity index (χ2v) is 7.68.